The highest BCUT2D eigenvalue weighted by molar-refractivity contribution is 7.19. The Kier molecular flexibility index (Phi) is 4.60. The third-order valence-electron chi connectivity index (χ3n) is 5.58. The Bertz CT molecular complexity index is 1480. The van der Waals surface area contributed by atoms with Crippen molar-refractivity contribution in [2.45, 2.75) is 5.60 Å². The molecule has 0 aliphatic heterocycles. The minimum Gasteiger partial charge on any atom is -0.373 e. The lowest BCUT2D eigenvalue weighted by molar-refractivity contribution is 0.113. The number of nitrogens with one attached hydrogen (secondary N) is 1. The van der Waals surface area contributed by atoms with Crippen LogP contribution in [-0.4, -0.2) is 35.1 Å². The van der Waals surface area contributed by atoms with E-state index >= 15 is 0 Å². The molecule has 0 aliphatic rings. The number of benzene rings is 3. The zero-order chi connectivity index (χ0) is 22.3. The largest absolute Gasteiger partial charge is 0.373 e. The zero-order valence-electron chi connectivity index (χ0n) is 17.3. The highest BCUT2D eigenvalue weighted by Crippen LogP contribution is 2.37. The molecule has 3 heterocycles. The molecule has 3 aromatic carbocycles. The van der Waals surface area contributed by atoms with Gasteiger partial charge in [0.25, 0.3) is 0 Å². The van der Waals surface area contributed by atoms with Crippen LogP contribution in [0, 0.1) is 0 Å². The van der Waals surface area contributed by atoms with Crippen molar-refractivity contribution in [3.63, 3.8) is 0 Å². The second-order valence-electron chi connectivity index (χ2n) is 7.60. The summed E-state index contributed by atoms with van der Waals surface area (Å²) >= 11 is 1.38. The van der Waals surface area contributed by atoms with Crippen LogP contribution in [-0.2, 0) is 5.60 Å². The van der Waals surface area contributed by atoms with Gasteiger partial charge in [-0.25, -0.2) is 0 Å². The van der Waals surface area contributed by atoms with Crippen LogP contribution < -0.4 is 0 Å². The molecule has 0 atom stereocenters. The third kappa shape index (κ3) is 3.24. The Morgan fingerprint density at radius 2 is 1.39 bits per heavy atom. The summed E-state index contributed by atoms with van der Waals surface area (Å²) < 4.78 is 1.61. The van der Waals surface area contributed by atoms with Gasteiger partial charge in [0, 0.05) is 5.56 Å². The number of hydrogen-bond acceptors (Lipinski definition) is 6. The quantitative estimate of drug-likeness (QED) is 0.403. The van der Waals surface area contributed by atoms with Crippen molar-refractivity contribution in [1.29, 1.82) is 0 Å². The molecule has 6 aromatic rings. The van der Waals surface area contributed by atoms with Crippen LogP contribution in [0.1, 0.15) is 17.0 Å². The summed E-state index contributed by atoms with van der Waals surface area (Å²) in [5.41, 5.74) is 2.49. The fourth-order valence-electron chi connectivity index (χ4n) is 3.92. The van der Waals surface area contributed by atoms with Gasteiger partial charge in [0.1, 0.15) is 0 Å². The van der Waals surface area contributed by atoms with Gasteiger partial charge in [0.15, 0.2) is 16.4 Å². The first-order valence-electron chi connectivity index (χ1n) is 10.4. The minimum atomic E-state index is -1.52. The van der Waals surface area contributed by atoms with Crippen molar-refractivity contribution in [3.8, 4) is 22.0 Å². The van der Waals surface area contributed by atoms with Crippen molar-refractivity contribution in [1.82, 2.24) is 30.0 Å². The van der Waals surface area contributed by atoms with Gasteiger partial charge >= 0.3 is 0 Å². The second kappa shape index (κ2) is 7.77. The Labute approximate surface area is 193 Å². The van der Waals surface area contributed by atoms with Gasteiger partial charge in [-0.3, -0.25) is 5.10 Å². The highest BCUT2D eigenvalue weighted by Gasteiger charge is 2.39. The monoisotopic (exact) mass is 450 g/mol. The number of nitrogens with zero attached hydrogens (tertiary/aromatic N) is 5. The normalized spacial score (nSPS) is 11.8. The molecule has 8 heteroatoms. The summed E-state index contributed by atoms with van der Waals surface area (Å²) in [6.07, 6.45) is 0. The molecule has 6 rings (SSSR count). The predicted octanol–water partition coefficient (Wildman–Crippen LogP) is 4.53. The molecular weight excluding hydrogens is 432 g/mol. The first-order valence-corrected chi connectivity index (χ1v) is 11.2. The topological polar surface area (TPSA) is 92.0 Å². The molecule has 0 bridgehead atoms. The van der Waals surface area contributed by atoms with E-state index in [1.807, 2.05) is 97.1 Å². The lowest BCUT2D eigenvalue weighted by atomic mass is 9.85. The average molecular weight is 451 g/mol. The number of H-pyrrole nitrogens is 1. The Morgan fingerprint density at radius 3 is 2.03 bits per heavy atom. The van der Waals surface area contributed by atoms with Gasteiger partial charge in [-0.15, -0.1) is 10.2 Å². The second-order valence-corrected chi connectivity index (χ2v) is 8.56. The molecule has 160 valence electrons. The summed E-state index contributed by atoms with van der Waals surface area (Å²) in [6, 6.07) is 30.8. The molecule has 7 nitrogen and oxygen atoms in total. The Balaban J connectivity index is 1.48. The van der Waals surface area contributed by atoms with Gasteiger partial charge in [0.05, 0.1) is 11.4 Å². The van der Waals surface area contributed by atoms with E-state index in [-0.39, 0.29) is 0 Å². The average Bonchev–Trinajstić information content (AvgIpc) is 3.61. The van der Waals surface area contributed by atoms with Gasteiger partial charge in [0.2, 0.25) is 4.96 Å². The maximum atomic E-state index is 12.1. The molecule has 0 unspecified atom stereocenters. The van der Waals surface area contributed by atoms with Crippen molar-refractivity contribution in [2.75, 3.05) is 0 Å². The van der Waals surface area contributed by atoms with Gasteiger partial charge in [-0.2, -0.15) is 14.7 Å². The van der Waals surface area contributed by atoms with E-state index in [9.17, 15) is 5.11 Å². The summed E-state index contributed by atoms with van der Waals surface area (Å²) in [6.45, 7) is 0. The number of hydrogen-bond donors (Lipinski definition) is 2. The van der Waals surface area contributed by atoms with Crippen molar-refractivity contribution in [2.24, 2.45) is 0 Å². The Morgan fingerprint density at radius 1 is 0.788 bits per heavy atom. The van der Waals surface area contributed by atoms with Crippen LogP contribution in [0.15, 0.2) is 97.1 Å². The molecule has 0 spiro atoms. The molecule has 0 fully saturated rings. The van der Waals surface area contributed by atoms with Crippen LogP contribution in [0.5, 0.6) is 0 Å². The molecule has 0 amide bonds. The Hall–Kier alpha value is -4.14. The lowest BCUT2D eigenvalue weighted by Gasteiger charge is -2.27. The SMILES string of the molecule is OC(c1ccccc1)(c1ccccc1)c1nnc2sc(-c3cc(-c4ccccc4)n[nH]3)nn12. The fraction of sp³-hybridized carbons (Fsp3) is 0.0400. The van der Waals surface area contributed by atoms with Crippen LogP contribution in [0.25, 0.3) is 26.9 Å². The van der Waals surface area contributed by atoms with Crippen molar-refractivity contribution in [3.05, 3.63) is 114 Å². The van der Waals surface area contributed by atoms with E-state index < -0.39 is 5.60 Å². The lowest BCUT2D eigenvalue weighted by Crippen LogP contribution is -2.31. The standard InChI is InChI=1S/C25H18N6OS/c32-25(18-12-6-2-7-13-18,19-14-8-3-9-15-19)23-28-29-24-31(23)30-22(33-24)21-16-20(26-27-21)17-10-4-1-5-11-17/h1-16,32H,(H,26,27). The van der Waals surface area contributed by atoms with Gasteiger partial charge < -0.3 is 5.11 Å². The minimum absolute atomic E-state index is 0.334. The molecule has 0 aliphatic carbocycles. The predicted molar refractivity (Wildman–Crippen MR) is 127 cm³/mol. The molecule has 0 saturated heterocycles. The van der Waals surface area contributed by atoms with Crippen LogP contribution >= 0.6 is 11.3 Å². The van der Waals surface area contributed by atoms with E-state index in [1.165, 1.54) is 11.3 Å². The molecule has 0 saturated carbocycles. The number of rotatable bonds is 5. The molecule has 2 N–H and O–H groups in total. The summed E-state index contributed by atoms with van der Waals surface area (Å²) in [5, 5.41) is 33.7. The zero-order valence-corrected chi connectivity index (χ0v) is 18.1. The van der Waals surface area contributed by atoms with Gasteiger partial charge in [-0.1, -0.05) is 102 Å². The highest BCUT2D eigenvalue weighted by atomic mass is 32.1. The first kappa shape index (κ1) is 19.5. The number of aliphatic hydroxyl groups is 1. The van der Waals surface area contributed by atoms with Crippen LogP contribution in [0.4, 0.5) is 0 Å². The summed E-state index contributed by atoms with van der Waals surface area (Å²) in [5.74, 6) is 0.334. The first-order chi connectivity index (χ1) is 16.2. The van der Waals surface area contributed by atoms with E-state index in [0.717, 1.165) is 17.0 Å². The van der Waals surface area contributed by atoms with Crippen LogP contribution in [0.2, 0.25) is 0 Å². The number of aromatic nitrogens is 6. The van der Waals surface area contributed by atoms with Crippen molar-refractivity contribution >= 4 is 16.3 Å². The summed E-state index contributed by atoms with van der Waals surface area (Å²) in [7, 11) is 0. The summed E-state index contributed by atoms with van der Waals surface area (Å²) in [4.78, 5) is 0.584. The fourth-order valence-corrected chi connectivity index (χ4v) is 4.73. The van der Waals surface area contributed by atoms with E-state index in [2.05, 4.69) is 20.4 Å². The smallest absolute Gasteiger partial charge is 0.235 e. The van der Waals surface area contributed by atoms with Crippen molar-refractivity contribution < 1.29 is 5.11 Å². The third-order valence-corrected chi connectivity index (χ3v) is 6.51. The molecular formula is C25H18N6OS. The van der Waals surface area contributed by atoms with Gasteiger partial charge in [-0.05, 0) is 17.2 Å². The number of fused-ring (bicyclic) bond motifs is 1. The van der Waals surface area contributed by atoms with E-state index in [0.29, 0.717) is 26.9 Å². The van der Waals surface area contributed by atoms with E-state index in [1.54, 1.807) is 4.52 Å². The molecule has 0 radical (unpaired) electrons. The van der Waals surface area contributed by atoms with Crippen LogP contribution in [0.3, 0.4) is 0 Å². The maximum absolute atomic E-state index is 12.1. The maximum Gasteiger partial charge on any atom is 0.235 e. The molecule has 33 heavy (non-hydrogen) atoms. The van der Waals surface area contributed by atoms with E-state index in [4.69, 9.17) is 5.10 Å². The molecule has 3 aromatic heterocycles. The number of aromatic amines is 1.